The van der Waals surface area contributed by atoms with E-state index in [0.717, 1.165) is 31.5 Å². The first-order valence-corrected chi connectivity index (χ1v) is 10.6. The summed E-state index contributed by atoms with van der Waals surface area (Å²) in [4.78, 5) is 13.8. The van der Waals surface area contributed by atoms with Crippen LogP contribution in [0.2, 0.25) is 5.02 Å². The quantitative estimate of drug-likeness (QED) is 0.630. The summed E-state index contributed by atoms with van der Waals surface area (Å²) >= 11 is 5.89. The molecule has 4 rings (SSSR count). The Hall–Kier alpha value is -2.31. The zero-order chi connectivity index (χ0) is 21.3. The SMILES string of the molecule is CCOC(=O)CN1CCC(c2cccc3c2OC(C)(c2ccc(Cl)cc2F)O3)CC1. The number of ether oxygens (including phenoxy) is 3. The van der Waals surface area contributed by atoms with Crippen molar-refractivity contribution < 1.29 is 23.4 Å². The standard InChI is InChI=1S/C23H25ClFNO4/c1-3-28-21(27)14-26-11-9-15(10-12-26)17-5-4-6-20-22(17)30-23(2,29-20)18-8-7-16(24)13-19(18)25/h4-8,13,15H,3,9-12,14H2,1-2H3. The Kier molecular flexibility index (Phi) is 5.89. The van der Waals surface area contributed by atoms with Gasteiger partial charge >= 0.3 is 5.97 Å². The van der Waals surface area contributed by atoms with E-state index in [1.165, 1.54) is 6.07 Å². The number of carbonyl (C=O) groups excluding carboxylic acids is 1. The molecular formula is C23H25ClFNO4. The highest BCUT2D eigenvalue weighted by atomic mass is 35.5. The second-order valence-electron chi connectivity index (χ2n) is 7.80. The van der Waals surface area contributed by atoms with Crippen LogP contribution in [0.15, 0.2) is 36.4 Å². The maximum Gasteiger partial charge on any atom is 0.320 e. The minimum absolute atomic E-state index is 0.186. The number of carbonyl (C=O) groups is 1. The van der Waals surface area contributed by atoms with Crippen molar-refractivity contribution in [2.75, 3.05) is 26.2 Å². The van der Waals surface area contributed by atoms with Gasteiger partial charge < -0.3 is 14.2 Å². The van der Waals surface area contributed by atoms with E-state index >= 15 is 0 Å². The number of benzene rings is 2. The summed E-state index contributed by atoms with van der Waals surface area (Å²) < 4.78 is 31.9. The van der Waals surface area contributed by atoms with E-state index in [9.17, 15) is 9.18 Å². The molecule has 0 aromatic heterocycles. The molecule has 0 aliphatic carbocycles. The maximum absolute atomic E-state index is 14.5. The molecule has 0 spiro atoms. The van der Waals surface area contributed by atoms with Crippen LogP contribution in [0.5, 0.6) is 11.5 Å². The number of halogens is 2. The molecule has 7 heteroatoms. The lowest BCUT2D eigenvalue weighted by atomic mass is 9.88. The van der Waals surface area contributed by atoms with Gasteiger partial charge in [-0.15, -0.1) is 0 Å². The van der Waals surface area contributed by atoms with Gasteiger partial charge in [-0.2, -0.15) is 0 Å². The van der Waals surface area contributed by atoms with Crippen molar-refractivity contribution in [1.82, 2.24) is 4.90 Å². The molecule has 2 aromatic carbocycles. The van der Waals surface area contributed by atoms with Gasteiger partial charge in [0.15, 0.2) is 11.5 Å². The first kappa shape index (κ1) is 20.9. The number of esters is 1. The first-order valence-electron chi connectivity index (χ1n) is 10.2. The van der Waals surface area contributed by atoms with E-state index in [0.29, 0.717) is 35.2 Å². The molecule has 2 heterocycles. The molecule has 2 aromatic rings. The molecule has 1 fully saturated rings. The predicted octanol–water partition coefficient (Wildman–Crippen LogP) is 4.87. The predicted molar refractivity (Wildman–Crippen MR) is 112 cm³/mol. The molecule has 0 saturated carbocycles. The lowest BCUT2D eigenvalue weighted by molar-refractivity contribution is -0.144. The molecule has 0 bridgehead atoms. The van der Waals surface area contributed by atoms with E-state index < -0.39 is 11.6 Å². The third kappa shape index (κ3) is 4.12. The van der Waals surface area contributed by atoms with Crippen LogP contribution in [-0.2, 0) is 15.3 Å². The summed E-state index contributed by atoms with van der Waals surface area (Å²) in [6, 6.07) is 10.3. The fraction of sp³-hybridized carbons (Fsp3) is 0.435. The fourth-order valence-corrected chi connectivity index (χ4v) is 4.39. The Labute approximate surface area is 180 Å². The van der Waals surface area contributed by atoms with Crippen LogP contribution in [0.3, 0.4) is 0 Å². The first-order chi connectivity index (χ1) is 14.4. The Morgan fingerprint density at radius 1 is 1.27 bits per heavy atom. The van der Waals surface area contributed by atoms with E-state index in [2.05, 4.69) is 4.90 Å². The van der Waals surface area contributed by atoms with Gasteiger partial charge in [-0.1, -0.05) is 23.7 Å². The minimum Gasteiger partial charge on any atom is -0.465 e. The number of hydrogen-bond acceptors (Lipinski definition) is 5. The molecule has 160 valence electrons. The van der Waals surface area contributed by atoms with E-state index in [1.54, 1.807) is 19.1 Å². The van der Waals surface area contributed by atoms with Crippen LogP contribution in [0.25, 0.3) is 0 Å². The number of fused-ring (bicyclic) bond motifs is 1. The molecular weight excluding hydrogens is 409 g/mol. The number of para-hydroxylation sites is 1. The van der Waals surface area contributed by atoms with Gasteiger partial charge in [-0.25, -0.2) is 4.39 Å². The van der Waals surface area contributed by atoms with Crippen molar-refractivity contribution in [3.05, 3.63) is 58.4 Å². The molecule has 1 unspecified atom stereocenters. The van der Waals surface area contributed by atoms with Crippen LogP contribution in [0.4, 0.5) is 4.39 Å². The van der Waals surface area contributed by atoms with Gasteiger partial charge in [0.2, 0.25) is 0 Å². The maximum atomic E-state index is 14.5. The Balaban J connectivity index is 1.50. The number of likely N-dealkylation sites (tertiary alicyclic amines) is 1. The molecule has 1 atom stereocenters. The normalized spacial score (nSPS) is 21.6. The number of piperidine rings is 1. The van der Waals surface area contributed by atoms with Crippen LogP contribution < -0.4 is 9.47 Å². The molecule has 0 amide bonds. The Bertz CT molecular complexity index is 945. The summed E-state index contributed by atoms with van der Waals surface area (Å²) in [5.41, 5.74) is 1.36. The minimum atomic E-state index is -1.25. The van der Waals surface area contributed by atoms with Crippen molar-refractivity contribution in [3.63, 3.8) is 0 Å². The highest BCUT2D eigenvalue weighted by molar-refractivity contribution is 6.30. The summed E-state index contributed by atoms with van der Waals surface area (Å²) in [6.45, 7) is 5.85. The molecule has 30 heavy (non-hydrogen) atoms. The highest BCUT2D eigenvalue weighted by Gasteiger charge is 2.42. The molecule has 2 aliphatic rings. The number of hydrogen-bond donors (Lipinski definition) is 0. The third-order valence-electron chi connectivity index (χ3n) is 5.72. The van der Waals surface area contributed by atoms with Crippen LogP contribution in [0.1, 0.15) is 43.7 Å². The average Bonchev–Trinajstić information content (AvgIpc) is 3.05. The lowest BCUT2D eigenvalue weighted by Crippen LogP contribution is -2.37. The lowest BCUT2D eigenvalue weighted by Gasteiger charge is -2.32. The monoisotopic (exact) mass is 433 g/mol. The molecule has 2 aliphatic heterocycles. The molecule has 5 nitrogen and oxygen atoms in total. The van der Waals surface area contributed by atoms with Crippen LogP contribution in [0, 0.1) is 5.82 Å². The zero-order valence-electron chi connectivity index (χ0n) is 17.1. The second-order valence-corrected chi connectivity index (χ2v) is 8.24. The van der Waals surface area contributed by atoms with Crippen LogP contribution in [-0.4, -0.2) is 37.1 Å². The summed E-state index contributed by atoms with van der Waals surface area (Å²) in [5, 5.41) is 0.325. The Morgan fingerprint density at radius 3 is 2.73 bits per heavy atom. The number of nitrogens with zero attached hydrogens (tertiary/aromatic N) is 1. The van der Waals surface area contributed by atoms with Gasteiger partial charge in [0, 0.05) is 17.5 Å². The van der Waals surface area contributed by atoms with Crippen molar-refractivity contribution >= 4 is 17.6 Å². The van der Waals surface area contributed by atoms with Gasteiger partial charge in [-0.3, -0.25) is 9.69 Å². The summed E-state index contributed by atoms with van der Waals surface area (Å²) in [6.07, 6.45) is 1.79. The topological polar surface area (TPSA) is 48.0 Å². The summed E-state index contributed by atoms with van der Waals surface area (Å²) in [7, 11) is 0. The van der Waals surface area contributed by atoms with Crippen molar-refractivity contribution in [2.24, 2.45) is 0 Å². The fourth-order valence-electron chi connectivity index (χ4n) is 4.23. The van der Waals surface area contributed by atoms with Gasteiger partial charge in [0.1, 0.15) is 5.82 Å². The summed E-state index contributed by atoms with van der Waals surface area (Å²) in [5.74, 6) is -0.353. The van der Waals surface area contributed by atoms with Gasteiger partial charge in [0.05, 0.1) is 18.7 Å². The Morgan fingerprint density at radius 2 is 2.03 bits per heavy atom. The third-order valence-corrected chi connectivity index (χ3v) is 5.95. The van der Waals surface area contributed by atoms with E-state index in [4.69, 9.17) is 25.8 Å². The van der Waals surface area contributed by atoms with E-state index in [-0.39, 0.29) is 11.9 Å². The van der Waals surface area contributed by atoms with E-state index in [1.807, 2.05) is 25.1 Å². The molecule has 0 radical (unpaired) electrons. The van der Waals surface area contributed by atoms with Crippen molar-refractivity contribution in [3.8, 4) is 11.5 Å². The van der Waals surface area contributed by atoms with Crippen LogP contribution >= 0.6 is 11.6 Å². The molecule has 1 saturated heterocycles. The number of rotatable bonds is 5. The largest absolute Gasteiger partial charge is 0.465 e. The zero-order valence-corrected chi connectivity index (χ0v) is 17.9. The van der Waals surface area contributed by atoms with Gasteiger partial charge in [-0.05, 0) is 63.0 Å². The van der Waals surface area contributed by atoms with Crippen molar-refractivity contribution in [2.45, 2.75) is 38.4 Å². The smallest absolute Gasteiger partial charge is 0.320 e. The van der Waals surface area contributed by atoms with Crippen molar-refractivity contribution in [1.29, 1.82) is 0 Å². The average molecular weight is 434 g/mol. The molecule has 0 N–H and O–H groups in total. The highest BCUT2D eigenvalue weighted by Crippen LogP contribution is 2.49. The van der Waals surface area contributed by atoms with Gasteiger partial charge in [0.25, 0.3) is 5.79 Å². The second kappa shape index (κ2) is 8.44.